The van der Waals surface area contributed by atoms with E-state index in [1.54, 1.807) is 0 Å². The third kappa shape index (κ3) is 2.30. The van der Waals surface area contributed by atoms with E-state index >= 15 is 0 Å². The minimum absolute atomic E-state index is 0.933. The van der Waals surface area contributed by atoms with Crippen LogP contribution in [0.2, 0.25) is 0 Å². The SMILES string of the molecule is CCN1CCCC[C@H](C)C1. The molecule has 0 N–H and O–H groups in total. The molecule has 0 aromatic heterocycles. The van der Waals surface area contributed by atoms with Gasteiger partial charge in [-0.3, -0.25) is 0 Å². The second kappa shape index (κ2) is 3.97. The largest absolute Gasteiger partial charge is 0.303 e. The van der Waals surface area contributed by atoms with Crippen molar-refractivity contribution in [1.29, 1.82) is 0 Å². The molecule has 0 unspecified atom stereocenters. The lowest BCUT2D eigenvalue weighted by Crippen LogP contribution is -2.26. The average Bonchev–Trinajstić information content (AvgIpc) is 2.13. The van der Waals surface area contributed by atoms with Crippen molar-refractivity contribution < 1.29 is 0 Å². The number of likely N-dealkylation sites (tertiary alicyclic amines) is 1. The molecule has 0 saturated carbocycles. The summed E-state index contributed by atoms with van der Waals surface area (Å²) in [5.74, 6) is 0.933. The molecule has 1 heteroatoms. The first-order chi connectivity index (χ1) is 4.83. The van der Waals surface area contributed by atoms with Gasteiger partial charge in [-0.1, -0.05) is 20.3 Å². The van der Waals surface area contributed by atoms with Gasteiger partial charge in [0.15, 0.2) is 0 Å². The number of nitrogens with zero attached hydrogens (tertiary/aromatic N) is 1. The molecule has 0 aromatic rings. The molecule has 1 aliphatic rings. The molecule has 1 atom stereocenters. The Labute approximate surface area is 64.4 Å². The molecule has 10 heavy (non-hydrogen) atoms. The fraction of sp³-hybridized carbons (Fsp3) is 1.00. The van der Waals surface area contributed by atoms with Gasteiger partial charge >= 0.3 is 0 Å². The maximum atomic E-state index is 2.57. The summed E-state index contributed by atoms with van der Waals surface area (Å²) in [6.45, 7) is 8.54. The van der Waals surface area contributed by atoms with Crippen LogP contribution >= 0.6 is 0 Å². The zero-order valence-corrected chi connectivity index (χ0v) is 7.27. The van der Waals surface area contributed by atoms with Crippen molar-refractivity contribution in [3.63, 3.8) is 0 Å². The zero-order valence-electron chi connectivity index (χ0n) is 7.27. The van der Waals surface area contributed by atoms with Crippen LogP contribution in [0.4, 0.5) is 0 Å². The molecular formula is C9H19N. The number of hydrogen-bond acceptors (Lipinski definition) is 1. The Morgan fingerprint density at radius 2 is 2.20 bits per heavy atom. The highest BCUT2D eigenvalue weighted by Crippen LogP contribution is 2.14. The minimum Gasteiger partial charge on any atom is -0.303 e. The van der Waals surface area contributed by atoms with E-state index in [4.69, 9.17) is 0 Å². The van der Waals surface area contributed by atoms with Gasteiger partial charge in [-0.15, -0.1) is 0 Å². The minimum atomic E-state index is 0.933. The first-order valence-electron chi connectivity index (χ1n) is 4.55. The molecule has 1 heterocycles. The lowest BCUT2D eigenvalue weighted by atomic mass is 10.1. The second-order valence-electron chi connectivity index (χ2n) is 3.49. The third-order valence-corrected chi connectivity index (χ3v) is 2.44. The van der Waals surface area contributed by atoms with Crippen molar-refractivity contribution in [2.45, 2.75) is 33.1 Å². The smallest absolute Gasteiger partial charge is 0.000690 e. The van der Waals surface area contributed by atoms with Crippen LogP contribution < -0.4 is 0 Å². The van der Waals surface area contributed by atoms with Gasteiger partial charge in [-0.2, -0.15) is 0 Å². The number of hydrogen-bond donors (Lipinski definition) is 0. The van der Waals surface area contributed by atoms with Crippen LogP contribution in [0.1, 0.15) is 33.1 Å². The van der Waals surface area contributed by atoms with Gasteiger partial charge in [0.1, 0.15) is 0 Å². The lowest BCUT2D eigenvalue weighted by Gasteiger charge is -2.19. The van der Waals surface area contributed by atoms with Gasteiger partial charge in [-0.05, 0) is 31.8 Å². The van der Waals surface area contributed by atoms with Crippen LogP contribution in [-0.2, 0) is 0 Å². The summed E-state index contributed by atoms with van der Waals surface area (Å²) in [4.78, 5) is 2.57. The summed E-state index contributed by atoms with van der Waals surface area (Å²) in [6, 6.07) is 0. The number of rotatable bonds is 1. The van der Waals surface area contributed by atoms with Crippen LogP contribution in [0.3, 0.4) is 0 Å². The Morgan fingerprint density at radius 1 is 1.40 bits per heavy atom. The predicted octanol–water partition coefficient (Wildman–Crippen LogP) is 2.13. The molecule has 0 radical (unpaired) electrons. The molecule has 1 aliphatic heterocycles. The van der Waals surface area contributed by atoms with Gasteiger partial charge < -0.3 is 4.90 Å². The van der Waals surface area contributed by atoms with Crippen molar-refractivity contribution >= 4 is 0 Å². The Morgan fingerprint density at radius 3 is 2.90 bits per heavy atom. The van der Waals surface area contributed by atoms with Crippen molar-refractivity contribution in [2.75, 3.05) is 19.6 Å². The third-order valence-electron chi connectivity index (χ3n) is 2.44. The lowest BCUT2D eigenvalue weighted by molar-refractivity contribution is 0.269. The van der Waals surface area contributed by atoms with E-state index in [9.17, 15) is 0 Å². The molecule has 1 saturated heterocycles. The molecule has 0 amide bonds. The highest BCUT2D eigenvalue weighted by molar-refractivity contribution is 4.66. The topological polar surface area (TPSA) is 3.24 Å². The fourth-order valence-electron chi connectivity index (χ4n) is 1.74. The van der Waals surface area contributed by atoms with Crippen molar-refractivity contribution in [2.24, 2.45) is 5.92 Å². The molecule has 1 nitrogen and oxygen atoms in total. The van der Waals surface area contributed by atoms with E-state index < -0.39 is 0 Å². The standard InChI is InChI=1S/C9H19N/c1-3-10-7-5-4-6-9(2)8-10/h9H,3-8H2,1-2H3/t9-/m0/s1. The molecule has 60 valence electrons. The van der Waals surface area contributed by atoms with E-state index in [1.165, 1.54) is 38.9 Å². The Balaban J connectivity index is 2.30. The quantitative estimate of drug-likeness (QED) is 0.540. The molecule has 1 rings (SSSR count). The van der Waals surface area contributed by atoms with Gasteiger partial charge in [0.25, 0.3) is 0 Å². The van der Waals surface area contributed by atoms with Crippen molar-refractivity contribution in [3.8, 4) is 0 Å². The average molecular weight is 141 g/mol. The normalized spacial score (nSPS) is 30.0. The van der Waals surface area contributed by atoms with Crippen LogP contribution in [0.5, 0.6) is 0 Å². The second-order valence-corrected chi connectivity index (χ2v) is 3.49. The van der Waals surface area contributed by atoms with E-state index in [0.717, 1.165) is 5.92 Å². The highest BCUT2D eigenvalue weighted by atomic mass is 15.1. The van der Waals surface area contributed by atoms with E-state index in [-0.39, 0.29) is 0 Å². The zero-order chi connectivity index (χ0) is 7.40. The predicted molar refractivity (Wildman–Crippen MR) is 45.1 cm³/mol. The molecular weight excluding hydrogens is 122 g/mol. The van der Waals surface area contributed by atoms with Gasteiger partial charge in [-0.25, -0.2) is 0 Å². The Bertz CT molecular complexity index is 90.7. The van der Waals surface area contributed by atoms with E-state index in [1.807, 2.05) is 0 Å². The molecule has 0 aliphatic carbocycles. The monoisotopic (exact) mass is 141 g/mol. The Hall–Kier alpha value is -0.0400. The summed E-state index contributed by atoms with van der Waals surface area (Å²) in [7, 11) is 0. The summed E-state index contributed by atoms with van der Waals surface area (Å²) < 4.78 is 0. The summed E-state index contributed by atoms with van der Waals surface area (Å²) in [6.07, 6.45) is 4.30. The van der Waals surface area contributed by atoms with Crippen molar-refractivity contribution in [1.82, 2.24) is 4.90 Å². The van der Waals surface area contributed by atoms with Gasteiger partial charge in [0.2, 0.25) is 0 Å². The van der Waals surface area contributed by atoms with Crippen LogP contribution in [0.25, 0.3) is 0 Å². The van der Waals surface area contributed by atoms with Crippen molar-refractivity contribution in [3.05, 3.63) is 0 Å². The molecule has 1 fully saturated rings. The van der Waals surface area contributed by atoms with Crippen LogP contribution in [-0.4, -0.2) is 24.5 Å². The van der Waals surface area contributed by atoms with Gasteiger partial charge in [0, 0.05) is 6.54 Å². The maximum Gasteiger partial charge on any atom is 0.000690 e. The van der Waals surface area contributed by atoms with Gasteiger partial charge in [0.05, 0.1) is 0 Å². The first-order valence-corrected chi connectivity index (χ1v) is 4.55. The van der Waals surface area contributed by atoms with Crippen LogP contribution in [0, 0.1) is 5.92 Å². The fourth-order valence-corrected chi connectivity index (χ4v) is 1.74. The molecule has 0 spiro atoms. The Kier molecular flexibility index (Phi) is 3.20. The summed E-state index contributed by atoms with van der Waals surface area (Å²) in [5, 5.41) is 0. The summed E-state index contributed by atoms with van der Waals surface area (Å²) >= 11 is 0. The first kappa shape index (κ1) is 8.06. The van der Waals surface area contributed by atoms with E-state index in [0.29, 0.717) is 0 Å². The summed E-state index contributed by atoms with van der Waals surface area (Å²) in [5.41, 5.74) is 0. The molecule has 0 bridgehead atoms. The maximum absolute atomic E-state index is 2.57. The van der Waals surface area contributed by atoms with Crippen LogP contribution in [0.15, 0.2) is 0 Å². The highest BCUT2D eigenvalue weighted by Gasteiger charge is 2.11. The van der Waals surface area contributed by atoms with E-state index in [2.05, 4.69) is 18.7 Å². The molecule has 0 aromatic carbocycles.